The second-order valence-electron chi connectivity index (χ2n) is 16.9. The number of carbonyl (C=O) groups excluding carboxylic acids is 3. The highest BCUT2D eigenvalue weighted by Crippen LogP contribution is 2.45. The number of benzene rings is 2. The molecule has 0 aliphatic carbocycles. The average Bonchev–Trinajstić information content (AvgIpc) is 3.64. The number of amides is 3. The van der Waals surface area contributed by atoms with Gasteiger partial charge in [-0.2, -0.15) is 10.2 Å². The molecule has 0 radical (unpaired) electrons. The molecule has 13 nitrogen and oxygen atoms in total. The highest BCUT2D eigenvalue weighted by molar-refractivity contribution is 6.01. The summed E-state index contributed by atoms with van der Waals surface area (Å²) in [7, 11) is 0. The standard InChI is InChI=1S/C43H50N8O5/c1-29-22-38(47-56-29)43(15-20-50(21-16-43)33-23-36(46-44-24-33)35-4-2-3-5-37(35)52)41(55)51-27-42(28-51)25-48(26-42)17-12-30-13-18-49(19-14-30)32-8-6-31(7-9-32)34-10-11-39(53)45-40(34)54/h2-9,22-24,30,34,52H,10-21,25-28H2,1H3,(H,45,53,54)/t34-/m1/s1. The summed E-state index contributed by atoms with van der Waals surface area (Å²) in [6, 6.07) is 19.4. The van der Waals surface area contributed by atoms with Gasteiger partial charge in [-0.1, -0.05) is 29.4 Å². The summed E-state index contributed by atoms with van der Waals surface area (Å²) < 4.78 is 5.53. The van der Waals surface area contributed by atoms with Gasteiger partial charge in [0, 0.05) is 81.5 Å². The van der Waals surface area contributed by atoms with Crippen LogP contribution in [0.15, 0.2) is 71.4 Å². The SMILES string of the molecule is Cc1cc(C2(C(=O)N3CC4(CN(CCC5CCN(c6ccc([C@H]7CCC(=O)NC7=O)cc6)CC5)C4)C3)CCN(c3cnnc(-c4ccccc4O)c3)CC2)no1. The highest BCUT2D eigenvalue weighted by Gasteiger charge is 2.57. The number of hydrogen-bond acceptors (Lipinski definition) is 11. The molecule has 292 valence electrons. The van der Waals surface area contributed by atoms with E-state index in [9.17, 15) is 19.5 Å². The van der Waals surface area contributed by atoms with E-state index in [0.29, 0.717) is 61.7 Å². The van der Waals surface area contributed by atoms with E-state index in [4.69, 9.17) is 4.52 Å². The van der Waals surface area contributed by atoms with Crippen LogP contribution in [0.1, 0.15) is 67.9 Å². The van der Waals surface area contributed by atoms with Crippen molar-refractivity contribution in [3.05, 3.63) is 83.9 Å². The van der Waals surface area contributed by atoms with Crippen molar-refractivity contribution >= 4 is 29.1 Å². The minimum atomic E-state index is -0.731. The fourth-order valence-electron chi connectivity index (χ4n) is 9.91. The molecule has 0 bridgehead atoms. The number of para-hydroxylation sites is 1. The van der Waals surface area contributed by atoms with E-state index in [2.05, 4.69) is 52.4 Å². The number of aryl methyl sites for hydroxylation is 1. The number of imide groups is 1. The van der Waals surface area contributed by atoms with Gasteiger partial charge in [0.2, 0.25) is 17.7 Å². The first kappa shape index (κ1) is 36.3. The van der Waals surface area contributed by atoms with Crippen LogP contribution in [0.3, 0.4) is 0 Å². The molecule has 56 heavy (non-hydrogen) atoms. The number of rotatable bonds is 9. The number of aromatic hydroxyl groups is 1. The second kappa shape index (κ2) is 14.6. The van der Waals surface area contributed by atoms with Gasteiger partial charge in [-0.3, -0.25) is 19.7 Å². The predicted molar refractivity (Wildman–Crippen MR) is 210 cm³/mol. The molecule has 7 heterocycles. The summed E-state index contributed by atoms with van der Waals surface area (Å²) in [5.41, 5.74) is 4.53. The number of anilines is 2. The summed E-state index contributed by atoms with van der Waals surface area (Å²) >= 11 is 0. The maximum Gasteiger partial charge on any atom is 0.235 e. The number of hydrogen-bond donors (Lipinski definition) is 2. The molecule has 5 saturated heterocycles. The van der Waals surface area contributed by atoms with E-state index >= 15 is 0 Å². The molecular weight excluding hydrogens is 709 g/mol. The lowest BCUT2D eigenvalue weighted by Gasteiger charge is -2.61. The van der Waals surface area contributed by atoms with Gasteiger partial charge in [0.05, 0.1) is 34.6 Å². The van der Waals surface area contributed by atoms with Crippen molar-refractivity contribution in [2.45, 2.75) is 63.2 Å². The van der Waals surface area contributed by atoms with Crippen LogP contribution in [0.2, 0.25) is 0 Å². The van der Waals surface area contributed by atoms with Gasteiger partial charge in [0.1, 0.15) is 11.5 Å². The molecule has 9 rings (SSSR count). The Bertz CT molecular complexity index is 2090. The monoisotopic (exact) mass is 758 g/mol. The Labute approximate surface area is 327 Å². The number of phenols is 1. The number of nitrogens with zero attached hydrogens (tertiary/aromatic N) is 7. The van der Waals surface area contributed by atoms with Gasteiger partial charge in [-0.05, 0) is 93.8 Å². The van der Waals surface area contributed by atoms with Crippen molar-refractivity contribution in [1.82, 2.24) is 30.5 Å². The van der Waals surface area contributed by atoms with E-state index in [1.165, 1.54) is 24.9 Å². The Morgan fingerprint density at radius 1 is 0.911 bits per heavy atom. The summed E-state index contributed by atoms with van der Waals surface area (Å²) in [6.07, 6.45) is 7.50. The predicted octanol–water partition coefficient (Wildman–Crippen LogP) is 4.65. The molecule has 2 aromatic heterocycles. The van der Waals surface area contributed by atoms with Crippen LogP contribution in [0.5, 0.6) is 5.75 Å². The molecule has 5 aliphatic heterocycles. The minimum absolute atomic E-state index is 0.162. The zero-order valence-electron chi connectivity index (χ0n) is 32.0. The molecule has 13 heteroatoms. The Morgan fingerprint density at radius 3 is 2.34 bits per heavy atom. The van der Waals surface area contributed by atoms with Crippen LogP contribution in [-0.2, 0) is 19.8 Å². The molecule has 0 unspecified atom stereocenters. The molecule has 0 saturated carbocycles. The first-order valence-corrected chi connectivity index (χ1v) is 20.2. The largest absolute Gasteiger partial charge is 0.507 e. The zero-order valence-corrected chi connectivity index (χ0v) is 32.0. The smallest absolute Gasteiger partial charge is 0.235 e. The van der Waals surface area contributed by atoms with Crippen LogP contribution in [0.4, 0.5) is 11.4 Å². The van der Waals surface area contributed by atoms with Crippen molar-refractivity contribution in [2.75, 3.05) is 68.7 Å². The van der Waals surface area contributed by atoms with Gasteiger partial charge < -0.3 is 29.2 Å². The first-order chi connectivity index (χ1) is 27.2. The van der Waals surface area contributed by atoms with Gasteiger partial charge in [-0.25, -0.2) is 0 Å². The fraction of sp³-hybridized carbons (Fsp3) is 0.488. The van der Waals surface area contributed by atoms with Gasteiger partial charge >= 0.3 is 0 Å². The Kier molecular flexibility index (Phi) is 9.51. The molecular formula is C43H50N8O5. The lowest BCUT2D eigenvalue weighted by molar-refractivity contribution is -0.166. The molecule has 1 spiro atoms. The summed E-state index contributed by atoms with van der Waals surface area (Å²) in [6.45, 7) is 10.1. The topological polar surface area (TPSA) is 148 Å². The van der Waals surface area contributed by atoms with E-state index in [0.717, 1.165) is 62.8 Å². The van der Waals surface area contributed by atoms with Crippen molar-refractivity contribution in [1.29, 1.82) is 0 Å². The number of carbonyl (C=O) groups is 3. The maximum atomic E-state index is 14.4. The van der Waals surface area contributed by atoms with Crippen LogP contribution in [-0.4, -0.2) is 107 Å². The normalized spacial score (nSPS) is 22.4. The molecule has 4 aromatic rings. The molecule has 2 N–H and O–H groups in total. The number of phenolic OH excluding ortho intramolecular Hbond substituents is 1. The van der Waals surface area contributed by atoms with E-state index in [1.54, 1.807) is 18.3 Å². The van der Waals surface area contributed by atoms with Gasteiger partial charge in [-0.15, -0.1) is 0 Å². The van der Waals surface area contributed by atoms with Crippen LogP contribution < -0.4 is 15.1 Å². The van der Waals surface area contributed by atoms with E-state index < -0.39 is 5.41 Å². The third-order valence-corrected chi connectivity index (χ3v) is 13.2. The van der Waals surface area contributed by atoms with Crippen molar-refractivity contribution < 1.29 is 24.0 Å². The second-order valence-corrected chi connectivity index (χ2v) is 16.9. The third-order valence-electron chi connectivity index (χ3n) is 13.2. The lowest BCUT2D eigenvalue weighted by atomic mass is 9.68. The van der Waals surface area contributed by atoms with Gasteiger partial charge in [0.25, 0.3) is 0 Å². The Balaban J connectivity index is 0.747. The molecule has 2 aromatic carbocycles. The number of aromatic nitrogens is 3. The highest BCUT2D eigenvalue weighted by atomic mass is 16.5. The van der Waals surface area contributed by atoms with Gasteiger partial charge in [0.15, 0.2) is 0 Å². The molecule has 1 atom stereocenters. The Morgan fingerprint density at radius 2 is 1.64 bits per heavy atom. The average molecular weight is 759 g/mol. The maximum absolute atomic E-state index is 14.4. The van der Waals surface area contributed by atoms with Crippen LogP contribution in [0, 0.1) is 18.3 Å². The summed E-state index contributed by atoms with van der Waals surface area (Å²) in [5, 5.41) is 25.8. The molecule has 5 fully saturated rings. The Hall–Kier alpha value is -5.30. The molecule has 5 aliphatic rings. The van der Waals surface area contributed by atoms with Crippen LogP contribution in [0.25, 0.3) is 11.3 Å². The number of piperidine rings is 3. The minimum Gasteiger partial charge on any atom is -0.507 e. The summed E-state index contributed by atoms with van der Waals surface area (Å²) in [4.78, 5) is 47.6. The first-order valence-electron chi connectivity index (χ1n) is 20.2. The lowest BCUT2D eigenvalue weighted by Crippen LogP contribution is -2.74. The molecule has 3 amide bonds. The van der Waals surface area contributed by atoms with Crippen molar-refractivity contribution in [3.8, 4) is 17.0 Å². The van der Waals surface area contributed by atoms with Crippen LogP contribution >= 0.6 is 0 Å². The quantitative estimate of drug-likeness (QED) is 0.230. The number of nitrogens with one attached hydrogen (secondary N) is 1. The van der Waals surface area contributed by atoms with Crippen molar-refractivity contribution in [3.63, 3.8) is 0 Å². The third kappa shape index (κ3) is 6.90. The number of likely N-dealkylation sites (tertiary alicyclic amines) is 2. The van der Waals surface area contributed by atoms with Crippen molar-refractivity contribution in [2.24, 2.45) is 11.3 Å². The zero-order chi connectivity index (χ0) is 38.4. The summed E-state index contributed by atoms with van der Waals surface area (Å²) in [5.74, 6) is 1.13. The van der Waals surface area contributed by atoms with E-state index in [-0.39, 0.29) is 34.8 Å². The van der Waals surface area contributed by atoms with E-state index in [1.807, 2.05) is 43.3 Å². The fourth-order valence-corrected chi connectivity index (χ4v) is 9.91.